The first-order chi connectivity index (χ1) is 13.8. The zero-order valence-electron chi connectivity index (χ0n) is 15.8. The number of hydrogen-bond acceptors (Lipinski definition) is 3. The van der Waals surface area contributed by atoms with E-state index in [1.54, 1.807) is 22.3 Å². The molecule has 2 fully saturated rings. The van der Waals surface area contributed by atoms with Crippen molar-refractivity contribution in [1.29, 1.82) is 0 Å². The van der Waals surface area contributed by atoms with Crippen LogP contribution in [0.4, 0.5) is 13.2 Å². The van der Waals surface area contributed by atoms with E-state index in [2.05, 4.69) is 0 Å². The minimum Gasteiger partial charge on any atom is -0.385 e. The standard InChI is InChI=1S/C22H22F3NO2S/c23-22(24,25)16-5-2-4-15(10-16)21(28)8-7-14-11-26(12-17(14)21)20(27)19-9-13-3-1-6-18(13)29-19/h2,4-5,9-10,14,17,28H,1,3,6-8,11-12H2/t14-,17+,21+/m1/s1. The van der Waals surface area contributed by atoms with Crippen LogP contribution in [0, 0.1) is 11.8 Å². The first kappa shape index (κ1) is 19.1. The number of nitrogens with zero attached hydrogens (tertiary/aromatic N) is 1. The number of amides is 1. The van der Waals surface area contributed by atoms with Gasteiger partial charge in [-0.1, -0.05) is 12.1 Å². The average Bonchev–Trinajstić information content (AvgIpc) is 3.42. The maximum atomic E-state index is 13.1. The molecule has 2 aromatic rings. The lowest BCUT2D eigenvalue weighted by Crippen LogP contribution is -2.36. The summed E-state index contributed by atoms with van der Waals surface area (Å²) in [5.41, 5.74) is -0.480. The summed E-state index contributed by atoms with van der Waals surface area (Å²) >= 11 is 1.57. The van der Waals surface area contributed by atoms with Crippen molar-refractivity contribution in [3.05, 3.63) is 56.8 Å². The minimum atomic E-state index is -4.44. The average molecular weight is 421 g/mol. The Morgan fingerprint density at radius 1 is 1.21 bits per heavy atom. The predicted octanol–water partition coefficient (Wildman–Crippen LogP) is 4.63. The number of likely N-dealkylation sites (tertiary alicyclic amines) is 1. The fraction of sp³-hybridized carbons (Fsp3) is 0.500. The summed E-state index contributed by atoms with van der Waals surface area (Å²) in [5.74, 6) is -0.128. The van der Waals surface area contributed by atoms with E-state index in [4.69, 9.17) is 0 Å². The first-order valence-corrected chi connectivity index (χ1v) is 10.9. The number of fused-ring (bicyclic) bond motifs is 2. The van der Waals surface area contributed by atoms with E-state index >= 15 is 0 Å². The van der Waals surface area contributed by atoms with Crippen molar-refractivity contribution in [2.24, 2.45) is 11.8 Å². The normalized spacial score (nSPS) is 28.6. The highest BCUT2D eigenvalue weighted by molar-refractivity contribution is 7.14. The summed E-state index contributed by atoms with van der Waals surface area (Å²) < 4.78 is 39.4. The van der Waals surface area contributed by atoms with Crippen LogP contribution in [0.3, 0.4) is 0 Å². The lowest BCUT2D eigenvalue weighted by molar-refractivity contribution is -0.137. The molecule has 0 radical (unpaired) electrons. The van der Waals surface area contributed by atoms with Gasteiger partial charge >= 0.3 is 6.18 Å². The SMILES string of the molecule is O=C(c1cc2c(s1)CCC2)N1C[C@H]2CC[C@](O)(c3cccc(C(F)(F)F)c3)[C@H]2C1. The van der Waals surface area contributed by atoms with Gasteiger partial charge in [-0.05, 0) is 67.3 Å². The summed E-state index contributed by atoms with van der Waals surface area (Å²) in [5, 5.41) is 11.4. The molecule has 3 nitrogen and oxygen atoms in total. The maximum absolute atomic E-state index is 13.1. The molecule has 1 saturated carbocycles. The molecule has 7 heteroatoms. The van der Waals surface area contributed by atoms with Gasteiger partial charge in [-0.3, -0.25) is 4.79 Å². The smallest absolute Gasteiger partial charge is 0.385 e. The molecular formula is C22H22F3NO2S. The van der Waals surface area contributed by atoms with E-state index in [1.165, 1.54) is 16.5 Å². The highest BCUT2D eigenvalue weighted by Gasteiger charge is 2.53. The molecule has 2 aliphatic carbocycles. The van der Waals surface area contributed by atoms with Gasteiger partial charge in [0.15, 0.2) is 0 Å². The van der Waals surface area contributed by atoms with Gasteiger partial charge in [-0.15, -0.1) is 11.3 Å². The van der Waals surface area contributed by atoms with Crippen molar-refractivity contribution < 1.29 is 23.1 Å². The zero-order chi connectivity index (χ0) is 20.4. The highest BCUT2D eigenvalue weighted by atomic mass is 32.1. The molecule has 3 aliphatic rings. The lowest BCUT2D eigenvalue weighted by atomic mass is 9.81. The van der Waals surface area contributed by atoms with E-state index in [9.17, 15) is 23.1 Å². The number of alkyl halides is 3. The molecule has 1 aliphatic heterocycles. The first-order valence-electron chi connectivity index (χ1n) is 10.1. The van der Waals surface area contributed by atoms with Crippen molar-refractivity contribution in [1.82, 2.24) is 4.90 Å². The maximum Gasteiger partial charge on any atom is 0.416 e. The van der Waals surface area contributed by atoms with E-state index in [0.29, 0.717) is 31.5 Å². The highest BCUT2D eigenvalue weighted by Crippen LogP contribution is 2.51. The van der Waals surface area contributed by atoms with Crippen LogP contribution in [0.2, 0.25) is 0 Å². The number of benzene rings is 1. The monoisotopic (exact) mass is 421 g/mol. The van der Waals surface area contributed by atoms with Crippen LogP contribution < -0.4 is 0 Å². The van der Waals surface area contributed by atoms with Gasteiger partial charge in [0.25, 0.3) is 5.91 Å². The fourth-order valence-corrected chi connectivity index (χ4v) is 6.60. The largest absolute Gasteiger partial charge is 0.416 e. The Morgan fingerprint density at radius 2 is 2.03 bits per heavy atom. The van der Waals surface area contributed by atoms with Gasteiger partial charge in [-0.25, -0.2) is 0 Å². The molecule has 5 rings (SSSR count). The van der Waals surface area contributed by atoms with Crippen LogP contribution in [0.1, 0.15) is 50.5 Å². The molecule has 0 spiro atoms. The molecule has 1 saturated heterocycles. The number of rotatable bonds is 2. The number of hydrogen-bond donors (Lipinski definition) is 1. The molecule has 1 aromatic carbocycles. The third-order valence-corrected chi connectivity index (χ3v) is 8.11. The molecule has 0 bridgehead atoms. The number of thiophene rings is 1. The second-order valence-electron chi connectivity index (χ2n) is 8.53. The van der Waals surface area contributed by atoms with Crippen molar-refractivity contribution >= 4 is 17.2 Å². The molecule has 154 valence electrons. The van der Waals surface area contributed by atoms with E-state index in [1.807, 2.05) is 6.07 Å². The van der Waals surface area contributed by atoms with Crippen LogP contribution in [-0.2, 0) is 24.6 Å². The van der Waals surface area contributed by atoms with Gasteiger partial charge < -0.3 is 10.0 Å². The van der Waals surface area contributed by atoms with Gasteiger partial charge in [0.05, 0.1) is 16.0 Å². The molecule has 0 unspecified atom stereocenters. The topological polar surface area (TPSA) is 40.5 Å². The van der Waals surface area contributed by atoms with Crippen LogP contribution >= 0.6 is 11.3 Å². The Hall–Kier alpha value is -1.86. The third-order valence-electron chi connectivity index (χ3n) is 6.89. The van der Waals surface area contributed by atoms with Gasteiger partial charge in [0.2, 0.25) is 0 Å². The Balaban J connectivity index is 1.38. The fourth-order valence-electron chi connectivity index (χ4n) is 5.37. The summed E-state index contributed by atoms with van der Waals surface area (Å²) in [4.78, 5) is 16.9. The Morgan fingerprint density at radius 3 is 2.79 bits per heavy atom. The third kappa shape index (κ3) is 3.10. The van der Waals surface area contributed by atoms with E-state index < -0.39 is 17.3 Å². The lowest BCUT2D eigenvalue weighted by Gasteiger charge is -2.31. The van der Waals surface area contributed by atoms with Gasteiger partial charge in [-0.2, -0.15) is 13.2 Å². The van der Waals surface area contributed by atoms with Crippen LogP contribution in [-0.4, -0.2) is 29.0 Å². The van der Waals surface area contributed by atoms with Gasteiger partial charge in [0, 0.05) is 23.9 Å². The predicted molar refractivity (Wildman–Crippen MR) is 104 cm³/mol. The van der Waals surface area contributed by atoms with E-state index in [0.717, 1.165) is 36.3 Å². The second-order valence-corrected chi connectivity index (χ2v) is 9.67. The Labute approximate surface area is 171 Å². The van der Waals surface area contributed by atoms with Crippen molar-refractivity contribution in [3.63, 3.8) is 0 Å². The zero-order valence-corrected chi connectivity index (χ0v) is 16.7. The number of carbonyl (C=O) groups is 1. The second kappa shape index (κ2) is 6.57. The van der Waals surface area contributed by atoms with Crippen LogP contribution in [0.15, 0.2) is 30.3 Å². The summed E-state index contributed by atoms with van der Waals surface area (Å²) in [6, 6.07) is 7.03. The van der Waals surface area contributed by atoms with Crippen LogP contribution in [0.5, 0.6) is 0 Å². The summed E-state index contributed by atoms with van der Waals surface area (Å²) in [6.45, 7) is 0.951. The summed E-state index contributed by atoms with van der Waals surface area (Å²) in [7, 11) is 0. The Kier molecular flexibility index (Phi) is 4.33. The van der Waals surface area contributed by atoms with Crippen LogP contribution in [0.25, 0.3) is 0 Å². The molecule has 2 heterocycles. The molecule has 3 atom stereocenters. The Bertz CT molecular complexity index is 948. The number of halogens is 3. The molecular weight excluding hydrogens is 399 g/mol. The summed E-state index contributed by atoms with van der Waals surface area (Å²) in [6.07, 6.45) is -0.0935. The molecule has 1 N–H and O–H groups in total. The van der Waals surface area contributed by atoms with Crippen molar-refractivity contribution in [2.75, 3.05) is 13.1 Å². The van der Waals surface area contributed by atoms with E-state index in [-0.39, 0.29) is 17.7 Å². The number of aliphatic hydroxyl groups is 1. The molecule has 29 heavy (non-hydrogen) atoms. The quantitative estimate of drug-likeness (QED) is 0.768. The minimum absolute atomic E-state index is 0.00908. The van der Waals surface area contributed by atoms with Gasteiger partial charge in [0.1, 0.15) is 0 Å². The molecule has 1 amide bonds. The molecule has 1 aromatic heterocycles. The number of carbonyl (C=O) groups excluding carboxylic acids is 1. The van der Waals surface area contributed by atoms with Crippen molar-refractivity contribution in [2.45, 2.75) is 43.9 Å². The van der Waals surface area contributed by atoms with Crippen molar-refractivity contribution in [3.8, 4) is 0 Å². The number of aryl methyl sites for hydroxylation is 2.